The van der Waals surface area contributed by atoms with Gasteiger partial charge in [-0.25, -0.2) is 4.79 Å². The maximum atomic E-state index is 12.3. The van der Waals surface area contributed by atoms with Gasteiger partial charge in [-0.15, -0.1) is 0 Å². The Morgan fingerprint density at radius 2 is 1.18 bits per heavy atom. The van der Waals surface area contributed by atoms with E-state index in [2.05, 4.69) is 4.84 Å². The molecule has 14 heteroatoms. The van der Waals surface area contributed by atoms with Crippen molar-refractivity contribution in [2.75, 3.05) is 13.2 Å². The van der Waals surface area contributed by atoms with Crippen LogP contribution in [0.25, 0.3) is 0 Å². The third-order valence-corrected chi connectivity index (χ3v) is 7.66. The molecule has 4 saturated heterocycles. The van der Waals surface area contributed by atoms with Crippen LogP contribution in [0, 0.1) is 23.7 Å². The summed E-state index contributed by atoms with van der Waals surface area (Å²) in [4.78, 5) is 98.1. The van der Waals surface area contributed by atoms with Crippen LogP contribution in [-0.2, 0) is 52.6 Å². The molecular weight excluding hydrogens is 508 g/mol. The van der Waals surface area contributed by atoms with E-state index in [4.69, 9.17) is 14.2 Å². The van der Waals surface area contributed by atoms with Gasteiger partial charge >= 0.3 is 6.16 Å². The van der Waals surface area contributed by atoms with Gasteiger partial charge in [0.1, 0.15) is 6.61 Å². The fourth-order valence-electron chi connectivity index (χ4n) is 5.92. The number of ketones is 3. The molecule has 6 heterocycles. The predicted octanol–water partition coefficient (Wildman–Crippen LogP) is -1.58. The van der Waals surface area contributed by atoms with Gasteiger partial charge in [-0.3, -0.25) is 43.3 Å². The molecule has 0 aromatic rings. The van der Waals surface area contributed by atoms with Crippen molar-refractivity contribution in [3.8, 4) is 0 Å². The SMILES string of the molecule is O=C(OCCN1C(=O)C2C3C=CC(O3)C2C1=O)ON1C(=O)CCC1=O.O=C1C(=O)C2C3C=CC(O3)C2C1=O. The molecule has 0 radical (unpaired) electrons. The lowest BCUT2D eigenvalue weighted by Crippen LogP contribution is -2.38. The minimum atomic E-state index is -1.24. The van der Waals surface area contributed by atoms with Crippen LogP contribution in [0.4, 0.5) is 4.79 Å². The smallest absolute Gasteiger partial charge is 0.431 e. The molecular formula is C24H20N2O12. The molecule has 8 atom stereocenters. The van der Waals surface area contributed by atoms with Crippen LogP contribution in [0.2, 0.25) is 0 Å². The van der Waals surface area contributed by atoms with Gasteiger partial charge in [0.2, 0.25) is 23.4 Å². The minimum absolute atomic E-state index is 0.0237. The van der Waals surface area contributed by atoms with Gasteiger partial charge in [0.05, 0.1) is 54.6 Å². The van der Waals surface area contributed by atoms with Crippen LogP contribution >= 0.6 is 0 Å². The average molecular weight is 528 g/mol. The van der Waals surface area contributed by atoms with Crippen molar-refractivity contribution in [2.45, 2.75) is 37.3 Å². The number of imide groups is 2. The van der Waals surface area contributed by atoms with Crippen molar-refractivity contribution in [3.63, 3.8) is 0 Å². The number of fused-ring (bicyclic) bond motifs is 10. The maximum absolute atomic E-state index is 12.3. The minimum Gasteiger partial charge on any atom is -0.431 e. The second-order valence-corrected chi connectivity index (χ2v) is 9.66. The molecule has 0 aromatic heterocycles. The van der Waals surface area contributed by atoms with Crippen LogP contribution in [0.1, 0.15) is 12.8 Å². The van der Waals surface area contributed by atoms with E-state index in [1.807, 2.05) is 0 Å². The number of hydroxylamine groups is 2. The Morgan fingerprint density at radius 1 is 0.737 bits per heavy atom. The van der Waals surface area contributed by atoms with Crippen molar-refractivity contribution in [2.24, 2.45) is 23.7 Å². The molecule has 6 aliphatic heterocycles. The van der Waals surface area contributed by atoms with Crippen LogP contribution in [-0.4, -0.2) is 94.7 Å². The predicted molar refractivity (Wildman–Crippen MR) is 115 cm³/mol. The molecule has 8 unspecified atom stereocenters. The lowest BCUT2D eigenvalue weighted by molar-refractivity contribution is -0.177. The van der Waals surface area contributed by atoms with Gasteiger partial charge in [0, 0.05) is 12.8 Å². The van der Waals surface area contributed by atoms with E-state index >= 15 is 0 Å². The van der Waals surface area contributed by atoms with Gasteiger partial charge in [-0.2, -0.15) is 0 Å². The number of hydrogen-bond donors (Lipinski definition) is 0. The number of likely N-dealkylation sites (tertiary alicyclic amines) is 1. The third kappa shape index (κ3) is 3.55. The van der Waals surface area contributed by atoms with E-state index in [9.17, 15) is 38.4 Å². The van der Waals surface area contributed by atoms with Crippen LogP contribution < -0.4 is 0 Å². The second kappa shape index (κ2) is 8.77. The first-order valence-corrected chi connectivity index (χ1v) is 12.0. The molecule has 1 aliphatic carbocycles. The van der Waals surface area contributed by atoms with E-state index < -0.39 is 59.0 Å². The highest BCUT2D eigenvalue weighted by Gasteiger charge is 2.62. The molecule has 0 aromatic carbocycles. The number of nitrogens with zero attached hydrogens (tertiary/aromatic N) is 2. The Bertz CT molecular complexity index is 1190. The quantitative estimate of drug-likeness (QED) is 0.177. The monoisotopic (exact) mass is 528 g/mol. The topological polar surface area (TPSA) is 180 Å². The highest BCUT2D eigenvalue weighted by atomic mass is 16.8. The average Bonchev–Trinajstić information content (AvgIpc) is 3.76. The summed E-state index contributed by atoms with van der Waals surface area (Å²) in [6, 6.07) is 0. The third-order valence-electron chi connectivity index (χ3n) is 7.66. The van der Waals surface area contributed by atoms with Crippen LogP contribution in [0.15, 0.2) is 24.3 Å². The maximum Gasteiger partial charge on any atom is 0.534 e. The molecule has 5 fully saturated rings. The Hall–Kier alpha value is -4.04. The summed E-state index contributed by atoms with van der Waals surface area (Å²) in [7, 11) is 0. The van der Waals surface area contributed by atoms with Gasteiger partial charge in [0.25, 0.3) is 17.6 Å². The van der Waals surface area contributed by atoms with Crippen LogP contribution in [0.3, 0.4) is 0 Å². The molecule has 14 nitrogen and oxygen atoms in total. The first-order valence-electron chi connectivity index (χ1n) is 12.0. The second-order valence-electron chi connectivity index (χ2n) is 9.66. The fourth-order valence-corrected chi connectivity index (χ4v) is 5.92. The Kier molecular flexibility index (Phi) is 5.61. The Morgan fingerprint density at radius 3 is 1.66 bits per heavy atom. The molecule has 0 spiro atoms. The normalized spacial score (nSPS) is 37.4. The number of hydrogen-bond acceptors (Lipinski definition) is 12. The van der Waals surface area contributed by atoms with E-state index in [-0.39, 0.29) is 62.2 Å². The van der Waals surface area contributed by atoms with E-state index in [0.29, 0.717) is 5.06 Å². The van der Waals surface area contributed by atoms with Crippen molar-refractivity contribution in [1.29, 1.82) is 0 Å². The molecule has 0 N–H and O–H groups in total. The van der Waals surface area contributed by atoms with Crippen LogP contribution in [0.5, 0.6) is 0 Å². The number of Topliss-reactive ketones (excluding diaryl/α,β-unsaturated/α-hetero) is 3. The molecule has 7 rings (SSSR count). The summed E-state index contributed by atoms with van der Waals surface area (Å²) >= 11 is 0. The van der Waals surface area contributed by atoms with Crippen molar-refractivity contribution in [3.05, 3.63) is 24.3 Å². The summed E-state index contributed by atoms with van der Waals surface area (Å²) < 4.78 is 15.6. The standard InChI is InChI=1S/C15H14N2O8.C9H6O4/c18-9-3-4-10(19)17(9)25-15(22)23-6-5-16-13(20)11-7-1-2-8(24-7)12(11)14(16)21;10-7-5-3-1-2-4(13-3)6(5)8(11)9(7)12/h1-2,7-8,11-12H,3-6H2;1-6H. The zero-order chi connectivity index (χ0) is 26.9. The summed E-state index contributed by atoms with van der Waals surface area (Å²) in [6.45, 7) is -0.420. The molecule has 198 valence electrons. The lowest BCUT2D eigenvalue weighted by Gasteiger charge is -2.17. The summed E-state index contributed by atoms with van der Waals surface area (Å²) in [5, 5.41) is 0.361. The summed E-state index contributed by atoms with van der Waals surface area (Å²) in [6.07, 6.45) is 4.35. The van der Waals surface area contributed by atoms with Crippen molar-refractivity contribution >= 4 is 47.1 Å². The van der Waals surface area contributed by atoms with Gasteiger partial charge < -0.3 is 14.2 Å². The number of rotatable bonds is 4. The Labute approximate surface area is 213 Å². The van der Waals surface area contributed by atoms with E-state index in [1.54, 1.807) is 24.3 Å². The lowest BCUT2D eigenvalue weighted by atomic mass is 9.85. The van der Waals surface area contributed by atoms with Gasteiger partial charge in [-0.1, -0.05) is 29.4 Å². The highest BCUT2D eigenvalue weighted by molar-refractivity contribution is 6.68. The zero-order valence-corrected chi connectivity index (χ0v) is 19.6. The number of amides is 4. The van der Waals surface area contributed by atoms with Gasteiger partial charge in [-0.05, 0) is 0 Å². The molecule has 4 amide bonds. The van der Waals surface area contributed by atoms with Crippen molar-refractivity contribution in [1.82, 2.24) is 9.96 Å². The molecule has 4 bridgehead atoms. The van der Waals surface area contributed by atoms with E-state index in [0.717, 1.165) is 4.90 Å². The highest BCUT2D eigenvalue weighted by Crippen LogP contribution is 2.45. The van der Waals surface area contributed by atoms with Gasteiger partial charge in [0.15, 0.2) is 0 Å². The number of ether oxygens (including phenoxy) is 3. The zero-order valence-electron chi connectivity index (χ0n) is 19.6. The number of carbonyl (C=O) groups excluding carboxylic acids is 8. The first kappa shape index (κ1) is 24.3. The molecule has 38 heavy (non-hydrogen) atoms. The van der Waals surface area contributed by atoms with Crippen molar-refractivity contribution < 1.29 is 57.4 Å². The summed E-state index contributed by atoms with van der Waals surface area (Å²) in [5.74, 6) is -5.99. The molecule has 1 saturated carbocycles. The summed E-state index contributed by atoms with van der Waals surface area (Å²) in [5.41, 5.74) is 0. The largest absolute Gasteiger partial charge is 0.534 e. The Balaban J connectivity index is 0.000000169. The van der Waals surface area contributed by atoms with E-state index in [1.165, 1.54) is 0 Å². The number of carbonyl (C=O) groups is 8. The fraction of sp³-hybridized carbons (Fsp3) is 0.500. The molecule has 7 aliphatic rings. The first-order chi connectivity index (χ1) is 18.2.